The smallest absolute Gasteiger partial charge is 0.224 e. The van der Waals surface area contributed by atoms with Crippen molar-refractivity contribution in [2.24, 2.45) is 0 Å². The number of hydrogen-bond acceptors (Lipinski definition) is 4. The summed E-state index contributed by atoms with van der Waals surface area (Å²) < 4.78 is 13.3. The quantitative estimate of drug-likeness (QED) is 0.423. The van der Waals surface area contributed by atoms with Crippen molar-refractivity contribution in [2.45, 2.75) is 33.3 Å². The fourth-order valence-electron chi connectivity index (χ4n) is 3.67. The maximum Gasteiger partial charge on any atom is 0.224 e. The molecule has 32 heavy (non-hydrogen) atoms. The number of nitrogens with one attached hydrogen (secondary N) is 1. The minimum atomic E-state index is -0.0403. The van der Waals surface area contributed by atoms with E-state index < -0.39 is 0 Å². The first-order valence-corrected chi connectivity index (χ1v) is 10.6. The summed E-state index contributed by atoms with van der Waals surface area (Å²) in [7, 11) is 1.59. The van der Waals surface area contributed by atoms with Crippen LogP contribution in [0.2, 0.25) is 0 Å². The molecule has 4 rings (SSSR count). The molecule has 2 aromatic heterocycles. The summed E-state index contributed by atoms with van der Waals surface area (Å²) >= 11 is 0. The number of amides is 1. The first-order valence-electron chi connectivity index (χ1n) is 10.6. The highest BCUT2D eigenvalue weighted by Crippen LogP contribution is 2.31. The van der Waals surface area contributed by atoms with Gasteiger partial charge in [-0.15, -0.1) is 0 Å². The number of ether oxygens (including phenoxy) is 2. The molecule has 1 amide bonds. The van der Waals surface area contributed by atoms with E-state index in [0.717, 1.165) is 11.3 Å². The lowest BCUT2D eigenvalue weighted by molar-refractivity contribution is -0.116. The molecule has 2 aromatic carbocycles. The highest BCUT2D eigenvalue weighted by Gasteiger charge is 2.11. The molecule has 0 aliphatic heterocycles. The van der Waals surface area contributed by atoms with Gasteiger partial charge in [-0.3, -0.25) is 4.79 Å². The van der Waals surface area contributed by atoms with Crippen molar-refractivity contribution < 1.29 is 14.3 Å². The lowest BCUT2D eigenvalue weighted by atomic mass is 10.0. The molecule has 0 bridgehead atoms. The molecule has 164 valence electrons. The molecule has 0 spiro atoms. The number of rotatable bonds is 8. The van der Waals surface area contributed by atoms with Gasteiger partial charge in [0.15, 0.2) is 11.5 Å². The van der Waals surface area contributed by atoms with Gasteiger partial charge in [-0.25, -0.2) is 4.98 Å². The molecular weight excluding hydrogens is 402 g/mol. The van der Waals surface area contributed by atoms with Gasteiger partial charge in [0.1, 0.15) is 12.3 Å². The van der Waals surface area contributed by atoms with E-state index in [-0.39, 0.29) is 5.91 Å². The number of benzene rings is 2. The molecule has 0 saturated carbocycles. The zero-order chi connectivity index (χ0) is 22.5. The van der Waals surface area contributed by atoms with E-state index in [9.17, 15) is 4.79 Å². The number of aromatic nitrogens is 2. The predicted octanol–water partition coefficient (Wildman–Crippen LogP) is 5.11. The van der Waals surface area contributed by atoms with Crippen molar-refractivity contribution in [3.05, 3.63) is 89.4 Å². The predicted molar refractivity (Wildman–Crippen MR) is 125 cm³/mol. The van der Waals surface area contributed by atoms with Crippen LogP contribution in [0.25, 0.3) is 5.65 Å². The van der Waals surface area contributed by atoms with E-state index in [2.05, 4.69) is 42.3 Å². The summed E-state index contributed by atoms with van der Waals surface area (Å²) in [5.41, 5.74) is 5.97. The van der Waals surface area contributed by atoms with Crippen LogP contribution in [0.15, 0.2) is 67.0 Å². The van der Waals surface area contributed by atoms with Gasteiger partial charge < -0.3 is 19.2 Å². The third-order valence-electron chi connectivity index (χ3n) is 5.36. The summed E-state index contributed by atoms with van der Waals surface area (Å²) in [6.45, 7) is 4.44. The molecule has 4 aromatic rings. The van der Waals surface area contributed by atoms with Crippen molar-refractivity contribution in [1.82, 2.24) is 9.38 Å². The number of carbonyl (C=O) groups is 1. The van der Waals surface area contributed by atoms with Gasteiger partial charge in [0.05, 0.1) is 12.8 Å². The second kappa shape index (κ2) is 9.56. The summed E-state index contributed by atoms with van der Waals surface area (Å²) in [4.78, 5) is 17.1. The normalized spacial score (nSPS) is 10.8. The van der Waals surface area contributed by atoms with Gasteiger partial charge in [-0.2, -0.15) is 0 Å². The number of pyridine rings is 1. The average molecular weight is 430 g/mol. The molecule has 2 heterocycles. The topological polar surface area (TPSA) is 64.9 Å². The fraction of sp³-hybridized carbons (Fsp3) is 0.231. The van der Waals surface area contributed by atoms with Gasteiger partial charge in [0.25, 0.3) is 0 Å². The number of nitrogens with zero attached hydrogens (tertiary/aromatic N) is 2. The van der Waals surface area contributed by atoms with Gasteiger partial charge in [0.2, 0.25) is 5.91 Å². The fourth-order valence-corrected chi connectivity index (χ4v) is 3.67. The van der Waals surface area contributed by atoms with E-state index in [1.165, 1.54) is 16.7 Å². The SMILES string of the molecule is COc1ccc(NC(=O)CCc2ccc(C)cc2C)cc1OCc1cn2ccccc2n1. The van der Waals surface area contributed by atoms with Crippen molar-refractivity contribution in [2.75, 3.05) is 12.4 Å². The number of methoxy groups -OCH3 is 1. The van der Waals surface area contributed by atoms with Crippen LogP contribution in [-0.4, -0.2) is 22.4 Å². The highest BCUT2D eigenvalue weighted by atomic mass is 16.5. The lowest BCUT2D eigenvalue weighted by Gasteiger charge is -2.13. The molecule has 6 heteroatoms. The molecule has 0 unspecified atom stereocenters. The molecule has 0 aliphatic rings. The number of imidazole rings is 1. The van der Waals surface area contributed by atoms with Crippen LogP contribution >= 0.6 is 0 Å². The molecule has 6 nitrogen and oxygen atoms in total. The monoisotopic (exact) mass is 429 g/mol. The van der Waals surface area contributed by atoms with Gasteiger partial charge in [-0.05, 0) is 55.7 Å². The summed E-state index contributed by atoms with van der Waals surface area (Å²) in [6, 6.07) is 17.5. The minimum absolute atomic E-state index is 0.0403. The highest BCUT2D eigenvalue weighted by molar-refractivity contribution is 5.91. The zero-order valence-corrected chi connectivity index (χ0v) is 18.6. The third kappa shape index (κ3) is 5.09. The Labute approximate surface area is 187 Å². The lowest BCUT2D eigenvalue weighted by Crippen LogP contribution is -2.13. The first kappa shape index (κ1) is 21.4. The van der Waals surface area contributed by atoms with E-state index in [0.29, 0.717) is 36.6 Å². The van der Waals surface area contributed by atoms with Crippen LogP contribution in [-0.2, 0) is 17.8 Å². The van der Waals surface area contributed by atoms with E-state index in [1.54, 1.807) is 19.2 Å². The molecule has 0 radical (unpaired) electrons. The van der Waals surface area contributed by atoms with Crippen LogP contribution in [0.4, 0.5) is 5.69 Å². The maximum atomic E-state index is 12.5. The Bertz CT molecular complexity index is 1210. The van der Waals surface area contributed by atoms with Crippen LogP contribution in [0.5, 0.6) is 11.5 Å². The van der Waals surface area contributed by atoms with Crippen LogP contribution in [0.1, 0.15) is 28.8 Å². The molecule has 0 aliphatic carbocycles. The molecule has 0 fully saturated rings. The molecule has 1 N–H and O–H groups in total. The largest absolute Gasteiger partial charge is 0.493 e. The Morgan fingerprint density at radius 3 is 2.72 bits per heavy atom. The Balaban J connectivity index is 1.39. The summed E-state index contributed by atoms with van der Waals surface area (Å²) in [5, 5.41) is 2.96. The molecule has 0 saturated heterocycles. The zero-order valence-electron chi connectivity index (χ0n) is 18.6. The van der Waals surface area contributed by atoms with Crippen molar-refractivity contribution in [1.29, 1.82) is 0 Å². The van der Waals surface area contributed by atoms with E-state index in [4.69, 9.17) is 9.47 Å². The van der Waals surface area contributed by atoms with Crippen LogP contribution < -0.4 is 14.8 Å². The Morgan fingerprint density at radius 2 is 1.94 bits per heavy atom. The minimum Gasteiger partial charge on any atom is -0.493 e. The Hall–Kier alpha value is -3.80. The number of fused-ring (bicyclic) bond motifs is 1. The third-order valence-corrected chi connectivity index (χ3v) is 5.36. The van der Waals surface area contributed by atoms with Crippen LogP contribution in [0, 0.1) is 13.8 Å². The second-order valence-corrected chi connectivity index (χ2v) is 7.83. The molecule has 0 atom stereocenters. The maximum absolute atomic E-state index is 12.5. The van der Waals surface area contributed by atoms with Crippen molar-refractivity contribution >= 4 is 17.2 Å². The Morgan fingerprint density at radius 1 is 1.06 bits per heavy atom. The average Bonchev–Trinajstić information content (AvgIpc) is 3.20. The number of carbonyl (C=O) groups excluding carboxylic acids is 1. The van der Waals surface area contributed by atoms with E-state index in [1.807, 2.05) is 41.1 Å². The van der Waals surface area contributed by atoms with Crippen molar-refractivity contribution in [3.63, 3.8) is 0 Å². The standard InChI is InChI=1S/C26H27N3O3/c1-18-7-8-20(19(2)14-18)9-12-26(30)28-21-10-11-23(31-3)24(15-21)32-17-22-16-29-13-5-4-6-25(29)27-22/h4-8,10-11,13-16H,9,12,17H2,1-3H3,(H,28,30). The van der Waals surface area contributed by atoms with Gasteiger partial charge in [-0.1, -0.05) is 29.8 Å². The van der Waals surface area contributed by atoms with Gasteiger partial charge >= 0.3 is 0 Å². The Kier molecular flexibility index (Phi) is 6.40. The van der Waals surface area contributed by atoms with Gasteiger partial charge in [0, 0.05) is 30.6 Å². The summed E-state index contributed by atoms with van der Waals surface area (Å²) in [6.07, 6.45) is 4.99. The van der Waals surface area contributed by atoms with Crippen molar-refractivity contribution in [3.8, 4) is 11.5 Å². The summed E-state index contributed by atoms with van der Waals surface area (Å²) in [5.74, 6) is 1.11. The number of hydrogen-bond donors (Lipinski definition) is 1. The second-order valence-electron chi connectivity index (χ2n) is 7.83. The number of anilines is 1. The van der Waals surface area contributed by atoms with Crippen LogP contribution in [0.3, 0.4) is 0 Å². The number of aryl methyl sites for hydroxylation is 3. The van der Waals surface area contributed by atoms with E-state index >= 15 is 0 Å². The first-order chi connectivity index (χ1) is 15.5. The molecular formula is C26H27N3O3.